The molecule has 7 nitrogen and oxygen atoms in total. The first-order valence-corrected chi connectivity index (χ1v) is 15.2. The number of rotatable bonds is 11. The Morgan fingerprint density at radius 2 is 1.67 bits per heavy atom. The molecule has 3 aromatic carbocycles. The number of sulfonamides is 1. The van der Waals surface area contributed by atoms with Gasteiger partial charge in [0.1, 0.15) is 12.6 Å². The molecule has 10 heteroatoms. The third-order valence-corrected chi connectivity index (χ3v) is 8.99. The summed E-state index contributed by atoms with van der Waals surface area (Å²) in [6.07, 6.45) is 0.735. The fourth-order valence-electron chi connectivity index (χ4n) is 3.97. The molecule has 0 aromatic heterocycles. The Morgan fingerprint density at radius 1 is 1.00 bits per heavy atom. The van der Waals surface area contributed by atoms with Crippen LogP contribution in [0.25, 0.3) is 0 Å². The molecule has 0 radical (unpaired) electrons. The Balaban J connectivity index is 2.04. The normalized spacial score (nSPS) is 12.9. The number of carbonyl (C=O) groups excluding carboxylic acids is 2. The van der Waals surface area contributed by atoms with Crippen LogP contribution in [0.15, 0.2) is 82.2 Å². The number of amides is 2. The van der Waals surface area contributed by atoms with E-state index in [-0.39, 0.29) is 23.4 Å². The van der Waals surface area contributed by atoms with Gasteiger partial charge in [-0.25, -0.2) is 8.42 Å². The third kappa shape index (κ3) is 7.84. The van der Waals surface area contributed by atoms with E-state index in [0.29, 0.717) is 16.3 Å². The van der Waals surface area contributed by atoms with E-state index in [4.69, 9.17) is 11.6 Å². The number of nitrogens with one attached hydrogen (secondary N) is 1. The fraction of sp³-hybridized carbons (Fsp3) is 0.310. The average Bonchev–Trinajstić information content (AvgIpc) is 2.90. The van der Waals surface area contributed by atoms with Crippen molar-refractivity contribution in [2.75, 3.05) is 10.8 Å². The van der Waals surface area contributed by atoms with Crippen LogP contribution in [0.4, 0.5) is 5.69 Å². The van der Waals surface area contributed by atoms with Gasteiger partial charge in [-0.05, 0) is 80.8 Å². The largest absolute Gasteiger partial charge is 0.352 e. The lowest BCUT2D eigenvalue weighted by Gasteiger charge is -2.33. The number of aryl methyl sites for hydroxylation is 1. The predicted molar refractivity (Wildman–Crippen MR) is 159 cm³/mol. The highest BCUT2D eigenvalue weighted by atomic mass is 79.9. The molecule has 0 unspecified atom stereocenters. The van der Waals surface area contributed by atoms with Gasteiger partial charge < -0.3 is 10.2 Å². The van der Waals surface area contributed by atoms with Crippen molar-refractivity contribution in [3.8, 4) is 0 Å². The standard InChI is InChI=1S/C29H33BrClN3O4S/c1-5-21(3)32-29(36)22(4)33(18-23-10-8-11-24(30)17-23)28(35)19-34(27-12-7-6-9-20(27)2)39(37,38)26-15-13-25(31)14-16-26/h6-17,21-22H,5,18-19H2,1-4H3,(H,32,36)/t21-,22-/m0/s1. The van der Waals surface area contributed by atoms with E-state index in [1.54, 1.807) is 38.1 Å². The van der Waals surface area contributed by atoms with E-state index in [1.807, 2.05) is 38.1 Å². The van der Waals surface area contributed by atoms with Crippen LogP contribution < -0.4 is 9.62 Å². The molecule has 3 aromatic rings. The van der Waals surface area contributed by atoms with E-state index >= 15 is 0 Å². The summed E-state index contributed by atoms with van der Waals surface area (Å²) in [6, 6.07) is 19.3. The fourth-order valence-corrected chi connectivity index (χ4v) is 6.02. The number of hydrogen-bond donors (Lipinski definition) is 1. The van der Waals surface area contributed by atoms with Crippen LogP contribution in [0, 0.1) is 6.92 Å². The first kappa shape index (κ1) is 30.7. The number of nitrogens with zero attached hydrogens (tertiary/aromatic N) is 2. The molecule has 0 bridgehead atoms. The monoisotopic (exact) mass is 633 g/mol. The lowest BCUT2D eigenvalue weighted by atomic mass is 10.1. The van der Waals surface area contributed by atoms with Gasteiger partial charge in [0.2, 0.25) is 11.8 Å². The lowest BCUT2D eigenvalue weighted by molar-refractivity contribution is -0.139. The minimum absolute atomic E-state index is 0.00375. The van der Waals surface area contributed by atoms with Crippen LogP contribution in [0.3, 0.4) is 0 Å². The first-order chi connectivity index (χ1) is 18.4. The molecule has 0 saturated heterocycles. The summed E-state index contributed by atoms with van der Waals surface area (Å²) in [5, 5.41) is 3.33. The molecule has 0 aliphatic rings. The Bertz CT molecular complexity index is 1420. The van der Waals surface area contributed by atoms with E-state index in [0.717, 1.165) is 20.8 Å². The smallest absolute Gasteiger partial charge is 0.264 e. The predicted octanol–water partition coefficient (Wildman–Crippen LogP) is 5.94. The summed E-state index contributed by atoms with van der Waals surface area (Å²) in [5.74, 6) is -0.821. The number of para-hydroxylation sites is 1. The van der Waals surface area contributed by atoms with Crippen LogP contribution >= 0.6 is 27.5 Å². The lowest BCUT2D eigenvalue weighted by Crippen LogP contribution is -2.52. The van der Waals surface area contributed by atoms with Gasteiger partial charge in [-0.1, -0.05) is 64.8 Å². The Hall–Kier alpha value is -2.88. The minimum Gasteiger partial charge on any atom is -0.352 e. The first-order valence-electron chi connectivity index (χ1n) is 12.6. The van der Waals surface area contributed by atoms with Crippen LogP contribution in [-0.2, 0) is 26.2 Å². The van der Waals surface area contributed by atoms with Crippen molar-refractivity contribution in [1.29, 1.82) is 0 Å². The molecule has 0 fully saturated rings. The maximum absolute atomic E-state index is 14.0. The molecule has 0 saturated carbocycles. The zero-order valence-electron chi connectivity index (χ0n) is 22.4. The second kappa shape index (κ2) is 13.5. The molecule has 2 amide bonds. The summed E-state index contributed by atoms with van der Waals surface area (Å²) in [4.78, 5) is 28.5. The van der Waals surface area contributed by atoms with Crippen LogP contribution in [0.5, 0.6) is 0 Å². The number of halogens is 2. The van der Waals surface area contributed by atoms with Crippen molar-refractivity contribution in [3.05, 3.63) is 93.4 Å². The second-order valence-electron chi connectivity index (χ2n) is 9.40. The van der Waals surface area contributed by atoms with E-state index in [2.05, 4.69) is 21.2 Å². The summed E-state index contributed by atoms with van der Waals surface area (Å²) >= 11 is 9.45. The molecule has 39 heavy (non-hydrogen) atoms. The molecule has 3 rings (SSSR count). The van der Waals surface area contributed by atoms with Gasteiger partial charge in [0, 0.05) is 22.1 Å². The van der Waals surface area contributed by atoms with Crippen molar-refractivity contribution in [3.63, 3.8) is 0 Å². The Labute approximate surface area is 244 Å². The highest BCUT2D eigenvalue weighted by Crippen LogP contribution is 2.28. The molecule has 208 valence electrons. The van der Waals surface area contributed by atoms with Gasteiger partial charge in [0.05, 0.1) is 10.6 Å². The van der Waals surface area contributed by atoms with Gasteiger partial charge in [0.25, 0.3) is 10.0 Å². The third-order valence-electron chi connectivity index (χ3n) is 6.47. The second-order valence-corrected chi connectivity index (χ2v) is 12.6. The van der Waals surface area contributed by atoms with Gasteiger partial charge in [-0.2, -0.15) is 0 Å². The van der Waals surface area contributed by atoms with Gasteiger partial charge in [0.15, 0.2) is 0 Å². The molecular formula is C29H33BrClN3O4S. The van der Waals surface area contributed by atoms with Crippen LogP contribution in [0.2, 0.25) is 5.02 Å². The average molecular weight is 635 g/mol. The quantitative estimate of drug-likeness (QED) is 0.283. The Morgan fingerprint density at radius 3 is 2.28 bits per heavy atom. The molecule has 0 aliphatic heterocycles. The molecule has 0 spiro atoms. The maximum atomic E-state index is 14.0. The highest BCUT2D eigenvalue weighted by molar-refractivity contribution is 9.10. The Kier molecular flexibility index (Phi) is 10.6. The summed E-state index contributed by atoms with van der Waals surface area (Å²) in [5.41, 5.74) is 1.85. The van der Waals surface area contributed by atoms with Crippen molar-refractivity contribution in [2.24, 2.45) is 0 Å². The van der Waals surface area contributed by atoms with Gasteiger partial charge in [-0.3, -0.25) is 13.9 Å². The van der Waals surface area contributed by atoms with E-state index in [9.17, 15) is 18.0 Å². The van der Waals surface area contributed by atoms with Gasteiger partial charge in [-0.15, -0.1) is 0 Å². The number of benzene rings is 3. The summed E-state index contributed by atoms with van der Waals surface area (Å²) in [6.45, 7) is 6.91. The highest BCUT2D eigenvalue weighted by Gasteiger charge is 2.33. The maximum Gasteiger partial charge on any atom is 0.264 e. The zero-order valence-corrected chi connectivity index (χ0v) is 25.6. The SMILES string of the molecule is CC[C@H](C)NC(=O)[C@H](C)N(Cc1cccc(Br)c1)C(=O)CN(c1ccccc1C)S(=O)(=O)c1ccc(Cl)cc1. The zero-order chi connectivity index (χ0) is 28.7. The van der Waals surface area contributed by atoms with E-state index < -0.39 is 28.5 Å². The van der Waals surface area contributed by atoms with Crippen molar-refractivity contribution < 1.29 is 18.0 Å². The number of hydrogen-bond acceptors (Lipinski definition) is 4. The molecule has 1 N–H and O–H groups in total. The van der Waals surface area contributed by atoms with Crippen molar-refractivity contribution in [1.82, 2.24) is 10.2 Å². The van der Waals surface area contributed by atoms with Crippen molar-refractivity contribution >= 4 is 55.1 Å². The topological polar surface area (TPSA) is 86.8 Å². The van der Waals surface area contributed by atoms with Crippen LogP contribution in [-0.4, -0.2) is 43.8 Å². The minimum atomic E-state index is -4.15. The number of anilines is 1. The van der Waals surface area contributed by atoms with Gasteiger partial charge >= 0.3 is 0 Å². The molecule has 0 aliphatic carbocycles. The van der Waals surface area contributed by atoms with Crippen LogP contribution in [0.1, 0.15) is 38.3 Å². The molecular weight excluding hydrogens is 602 g/mol. The van der Waals surface area contributed by atoms with Crippen molar-refractivity contribution in [2.45, 2.75) is 57.6 Å². The molecule has 0 heterocycles. The molecule has 2 atom stereocenters. The summed E-state index contributed by atoms with van der Waals surface area (Å²) in [7, 11) is -4.15. The summed E-state index contributed by atoms with van der Waals surface area (Å²) < 4.78 is 29.7. The number of carbonyl (C=O) groups is 2. The van der Waals surface area contributed by atoms with E-state index in [1.165, 1.54) is 29.2 Å².